The van der Waals surface area contributed by atoms with E-state index in [4.69, 9.17) is 9.84 Å². The van der Waals surface area contributed by atoms with Gasteiger partial charge < -0.3 is 14.4 Å². The summed E-state index contributed by atoms with van der Waals surface area (Å²) >= 11 is 1.20. The van der Waals surface area contributed by atoms with E-state index < -0.39 is 0 Å². The number of hydrogen-bond donors (Lipinski definition) is 1. The molecule has 74 valence electrons. The van der Waals surface area contributed by atoms with Crippen molar-refractivity contribution in [2.75, 3.05) is 19.8 Å². The molecule has 0 atom stereocenters. The van der Waals surface area contributed by atoms with Crippen LogP contribution in [0.5, 0.6) is 0 Å². The Kier molecular flexibility index (Phi) is 4.14. The zero-order valence-corrected chi connectivity index (χ0v) is 8.34. The fourth-order valence-corrected chi connectivity index (χ4v) is 1.76. The number of aliphatic hydroxyl groups excluding tert-OH is 1. The summed E-state index contributed by atoms with van der Waals surface area (Å²) in [6, 6.07) is 0. The van der Waals surface area contributed by atoms with Gasteiger partial charge in [0.05, 0.1) is 26.4 Å². The minimum atomic E-state index is 0.0253. The molecule has 1 heterocycles. The summed E-state index contributed by atoms with van der Waals surface area (Å²) in [6.07, 6.45) is 0. The van der Waals surface area contributed by atoms with Crippen LogP contribution < -0.4 is 4.87 Å². The average Bonchev–Trinajstić information content (AvgIpc) is 2.42. The van der Waals surface area contributed by atoms with Crippen LogP contribution in [0.1, 0.15) is 5.69 Å². The normalized spacial score (nSPS) is 10.6. The zero-order chi connectivity index (χ0) is 9.68. The zero-order valence-electron chi connectivity index (χ0n) is 7.52. The lowest BCUT2D eigenvalue weighted by atomic mass is 10.5. The van der Waals surface area contributed by atoms with Crippen molar-refractivity contribution < 1.29 is 9.84 Å². The van der Waals surface area contributed by atoms with Crippen LogP contribution in [0.15, 0.2) is 10.2 Å². The first-order valence-electron chi connectivity index (χ1n) is 4.09. The van der Waals surface area contributed by atoms with Gasteiger partial charge in [0.25, 0.3) is 0 Å². The van der Waals surface area contributed by atoms with Crippen LogP contribution in [-0.4, -0.2) is 29.5 Å². The Morgan fingerprint density at radius 3 is 2.92 bits per heavy atom. The molecule has 0 bridgehead atoms. The van der Waals surface area contributed by atoms with E-state index in [1.54, 1.807) is 4.57 Å². The standard InChI is InChI=1S/C8H13NO3S/c1-7-6-13-8(11)9(7)2-4-12-5-3-10/h6,10H,2-5H2,1H3. The summed E-state index contributed by atoms with van der Waals surface area (Å²) in [7, 11) is 0. The first-order valence-corrected chi connectivity index (χ1v) is 4.97. The van der Waals surface area contributed by atoms with Crippen LogP contribution in [0.25, 0.3) is 0 Å². The van der Waals surface area contributed by atoms with Gasteiger partial charge in [-0.25, -0.2) is 0 Å². The second kappa shape index (κ2) is 5.16. The van der Waals surface area contributed by atoms with Gasteiger partial charge in [0.1, 0.15) is 0 Å². The lowest BCUT2D eigenvalue weighted by Crippen LogP contribution is -2.18. The first kappa shape index (κ1) is 10.4. The summed E-state index contributed by atoms with van der Waals surface area (Å²) in [4.78, 5) is 11.2. The Hall–Kier alpha value is -0.650. The molecular formula is C8H13NO3S. The predicted molar refractivity (Wildman–Crippen MR) is 51.2 cm³/mol. The second-order valence-electron chi connectivity index (χ2n) is 2.63. The highest BCUT2D eigenvalue weighted by Crippen LogP contribution is 1.98. The number of nitrogens with zero attached hydrogens (tertiary/aromatic N) is 1. The first-order chi connectivity index (χ1) is 6.25. The van der Waals surface area contributed by atoms with Gasteiger partial charge in [0.15, 0.2) is 0 Å². The lowest BCUT2D eigenvalue weighted by molar-refractivity contribution is 0.0865. The van der Waals surface area contributed by atoms with Crippen molar-refractivity contribution in [1.82, 2.24) is 4.57 Å². The van der Waals surface area contributed by atoms with Crippen LogP contribution >= 0.6 is 11.3 Å². The van der Waals surface area contributed by atoms with E-state index in [1.807, 2.05) is 12.3 Å². The monoisotopic (exact) mass is 203 g/mol. The van der Waals surface area contributed by atoms with Gasteiger partial charge in [-0.2, -0.15) is 0 Å². The quantitative estimate of drug-likeness (QED) is 0.697. The molecule has 1 N–H and O–H groups in total. The topological polar surface area (TPSA) is 51.5 Å². The summed E-state index contributed by atoms with van der Waals surface area (Å²) < 4.78 is 6.73. The number of hydrogen-bond acceptors (Lipinski definition) is 4. The number of aliphatic hydroxyl groups is 1. The van der Waals surface area contributed by atoms with Gasteiger partial charge in [-0.3, -0.25) is 4.79 Å². The Bertz CT molecular complexity index is 305. The van der Waals surface area contributed by atoms with E-state index >= 15 is 0 Å². The van der Waals surface area contributed by atoms with Crippen LogP contribution in [0.4, 0.5) is 0 Å². The van der Waals surface area contributed by atoms with E-state index in [0.717, 1.165) is 5.69 Å². The maximum absolute atomic E-state index is 11.2. The van der Waals surface area contributed by atoms with Crippen molar-refractivity contribution in [3.63, 3.8) is 0 Å². The van der Waals surface area contributed by atoms with Crippen molar-refractivity contribution >= 4 is 11.3 Å². The molecule has 0 aliphatic heterocycles. The summed E-state index contributed by atoms with van der Waals surface area (Å²) in [5, 5.41) is 10.3. The molecule has 13 heavy (non-hydrogen) atoms. The Morgan fingerprint density at radius 1 is 1.62 bits per heavy atom. The van der Waals surface area contributed by atoms with Gasteiger partial charge in [0.2, 0.25) is 0 Å². The number of thiazole rings is 1. The van der Waals surface area contributed by atoms with E-state index in [-0.39, 0.29) is 11.5 Å². The molecule has 0 amide bonds. The summed E-state index contributed by atoms with van der Waals surface area (Å²) in [5.41, 5.74) is 0.961. The van der Waals surface area contributed by atoms with Gasteiger partial charge in [-0.1, -0.05) is 11.3 Å². The Morgan fingerprint density at radius 2 is 2.38 bits per heavy atom. The number of aryl methyl sites for hydroxylation is 1. The molecule has 0 saturated heterocycles. The molecule has 0 aliphatic rings. The van der Waals surface area contributed by atoms with E-state index in [9.17, 15) is 4.79 Å². The highest BCUT2D eigenvalue weighted by atomic mass is 32.1. The predicted octanol–water partition coefficient (Wildman–Crippen LogP) is 0.227. The lowest BCUT2D eigenvalue weighted by Gasteiger charge is -2.04. The maximum Gasteiger partial charge on any atom is 0.307 e. The van der Waals surface area contributed by atoms with Crippen LogP contribution in [-0.2, 0) is 11.3 Å². The van der Waals surface area contributed by atoms with Crippen molar-refractivity contribution in [2.24, 2.45) is 0 Å². The third-order valence-corrected chi connectivity index (χ3v) is 2.55. The van der Waals surface area contributed by atoms with Crippen molar-refractivity contribution in [3.05, 3.63) is 20.7 Å². The van der Waals surface area contributed by atoms with Gasteiger partial charge in [-0.05, 0) is 6.92 Å². The minimum Gasteiger partial charge on any atom is -0.394 e. The summed E-state index contributed by atoms with van der Waals surface area (Å²) in [5.74, 6) is 0. The van der Waals surface area contributed by atoms with Crippen LogP contribution in [0.2, 0.25) is 0 Å². The Labute approximate surface area is 80.4 Å². The molecular weight excluding hydrogens is 190 g/mol. The van der Waals surface area contributed by atoms with Crippen molar-refractivity contribution in [3.8, 4) is 0 Å². The molecule has 0 fully saturated rings. The smallest absolute Gasteiger partial charge is 0.307 e. The van der Waals surface area contributed by atoms with Gasteiger partial charge in [-0.15, -0.1) is 0 Å². The van der Waals surface area contributed by atoms with E-state index in [2.05, 4.69) is 0 Å². The molecule has 0 aromatic carbocycles. The third-order valence-electron chi connectivity index (χ3n) is 1.67. The number of ether oxygens (including phenoxy) is 1. The number of aromatic nitrogens is 1. The SMILES string of the molecule is Cc1csc(=O)n1CCOCCO. The van der Waals surface area contributed by atoms with Crippen LogP contribution in [0.3, 0.4) is 0 Å². The molecule has 0 radical (unpaired) electrons. The molecule has 1 rings (SSSR count). The molecule has 0 aliphatic carbocycles. The fraction of sp³-hybridized carbons (Fsp3) is 0.625. The molecule has 1 aromatic heterocycles. The second-order valence-corrected chi connectivity index (χ2v) is 3.45. The van der Waals surface area contributed by atoms with E-state index in [1.165, 1.54) is 11.3 Å². The average molecular weight is 203 g/mol. The molecule has 4 nitrogen and oxygen atoms in total. The van der Waals surface area contributed by atoms with Gasteiger partial charge >= 0.3 is 4.87 Å². The summed E-state index contributed by atoms with van der Waals surface area (Å²) in [6.45, 7) is 3.28. The number of rotatable bonds is 5. The Balaban J connectivity index is 2.40. The van der Waals surface area contributed by atoms with Crippen molar-refractivity contribution in [1.29, 1.82) is 0 Å². The molecule has 5 heteroatoms. The third kappa shape index (κ3) is 2.95. The molecule has 0 saturated carbocycles. The molecule has 0 unspecified atom stereocenters. The largest absolute Gasteiger partial charge is 0.394 e. The van der Waals surface area contributed by atoms with E-state index in [0.29, 0.717) is 19.8 Å². The maximum atomic E-state index is 11.2. The van der Waals surface area contributed by atoms with Crippen molar-refractivity contribution in [2.45, 2.75) is 13.5 Å². The highest BCUT2D eigenvalue weighted by Gasteiger charge is 2.00. The molecule has 1 aromatic rings. The van der Waals surface area contributed by atoms with Gasteiger partial charge in [0, 0.05) is 11.1 Å². The highest BCUT2D eigenvalue weighted by molar-refractivity contribution is 7.07. The van der Waals surface area contributed by atoms with Crippen LogP contribution in [0, 0.1) is 6.92 Å². The fourth-order valence-electron chi connectivity index (χ4n) is 0.997. The molecule has 0 spiro atoms. The minimum absolute atomic E-state index is 0.0253.